The highest BCUT2D eigenvalue weighted by Gasteiger charge is 2.29. The number of hydrogen-bond acceptors (Lipinski definition) is 8. The Labute approximate surface area is 293 Å². The molecule has 4 atom stereocenters. The number of esters is 1. The fourth-order valence-electron chi connectivity index (χ4n) is 5.29. The van der Waals surface area contributed by atoms with Gasteiger partial charge >= 0.3 is 12.1 Å². The Bertz CT molecular complexity index is 1550. The van der Waals surface area contributed by atoms with E-state index in [0.717, 1.165) is 16.7 Å². The average molecular weight is 686 g/mol. The van der Waals surface area contributed by atoms with Gasteiger partial charge in [-0.05, 0) is 54.0 Å². The van der Waals surface area contributed by atoms with Crippen molar-refractivity contribution in [2.75, 3.05) is 13.2 Å². The first-order valence-corrected chi connectivity index (χ1v) is 16.9. The van der Waals surface area contributed by atoms with Gasteiger partial charge in [-0.15, -0.1) is 0 Å². The summed E-state index contributed by atoms with van der Waals surface area (Å²) in [6.45, 7) is 3.88. The molecule has 3 amide bonds. The third kappa shape index (κ3) is 12.7. The number of alkyl carbamates (subject to hydrolysis) is 1. The number of benzene rings is 3. The molecule has 1 aliphatic rings. The summed E-state index contributed by atoms with van der Waals surface area (Å²) in [5.41, 5.74) is 2.77. The van der Waals surface area contributed by atoms with Crippen molar-refractivity contribution >= 4 is 23.9 Å². The molecule has 0 spiro atoms. The van der Waals surface area contributed by atoms with Crippen molar-refractivity contribution in [3.63, 3.8) is 0 Å². The predicted molar refractivity (Wildman–Crippen MR) is 188 cm³/mol. The van der Waals surface area contributed by atoms with Crippen LogP contribution in [0.4, 0.5) is 4.79 Å². The SMILES string of the molecule is CC(C)C1COC(=O)C(NC(=O)OCc2ccccc2)CC=CCC(CC(=O)NC(CO)Cc2ccc(OCc3ccccc3)cc2)C(=O)N1. The summed E-state index contributed by atoms with van der Waals surface area (Å²) in [7, 11) is 0. The number of amides is 3. The second-order valence-electron chi connectivity index (χ2n) is 12.7. The van der Waals surface area contributed by atoms with Crippen LogP contribution in [0.1, 0.15) is 49.8 Å². The molecular weight excluding hydrogens is 638 g/mol. The lowest BCUT2D eigenvalue weighted by Crippen LogP contribution is -2.48. The highest BCUT2D eigenvalue weighted by molar-refractivity contribution is 5.86. The van der Waals surface area contributed by atoms with Crippen LogP contribution in [0.5, 0.6) is 5.75 Å². The Kier molecular flexibility index (Phi) is 14.9. The lowest BCUT2D eigenvalue weighted by Gasteiger charge is -2.26. The highest BCUT2D eigenvalue weighted by atomic mass is 16.6. The molecule has 266 valence electrons. The smallest absolute Gasteiger partial charge is 0.408 e. The van der Waals surface area contributed by atoms with Crippen molar-refractivity contribution in [3.8, 4) is 5.75 Å². The Balaban J connectivity index is 1.33. The van der Waals surface area contributed by atoms with Crippen molar-refractivity contribution in [1.82, 2.24) is 16.0 Å². The van der Waals surface area contributed by atoms with Gasteiger partial charge in [0.05, 0.1) is 24.6 Å². The maximum Gasteiger partial charge on any atom is 0.408 e. The first-order valence-electron chi connectivity index (χ1n) is 16.9. The molecule has 3 aromatic carbocycles. The molecule has 0 saturated carbocycles. The van der Waals surface area contributed by atoms with Crippen LogP contribution >= 0.6 is 0 Å². The largest absolute Gasteiger partial charge is 0.489 e. The van der Waals surface area contributed by atoms with E-state index >= 15 is 0 Å². The second-order valence-corrected chi connectivity index (χ2v) is 12.7. The van der Waals surface area contributed by atoms with Crippen LogP contribution in [-0.2, 0) is 43.5 Å². The molecule has 4 unspecified atom stereocenters. The Morgan fingerprint density at radius 3 is 2.16 bits per heavy atom. The topological polar surface area (TPSA) is 152 Å². The summed E-state index contributed by atoms with van der Waals surface area (Å²) in [6, 6.07) is 24.4. The van der Waals surface area contributed by atoms with Gasteiger partial charge in [-0.1, -0.05) is 98.8 Å². The summed E-state index contributed by atoms with van der Waals surface area (Å²) in [5, 5.41) is 18.4. The number of allylic oxidation sites excluding steroid dienone is 1. The molecule has 11 nitrogen and oxygen atoms in total. The number of rotatable bonds is 13. The van der Waals surface area contributed by atoms with Gasteiger partial charge in [0.25, 0.3) is 0 Å². The lowest BCUT2D eigenvalue weighted by molar-refractivity contribution is -0.148. The maximum absolute atomic E-state index is 13.4. The standard InChI is InChI=1S/C39H47N3O8/c1-27(2)35-26-49-38(46)34(42-39(47)50-25-30-13-7-4-8-14-30)16-10-9-15-31(37(45)41-35)22-36(44)40-32(23-43)21-28-17-19-33(20-18-28)48-24-29-11-5-3-6-12-29/h3-14,17-20,27,31-32,34-35,43H,15-16,21-26H2,1-2H3,(H,40,44)(H,41,45)(H,42,47). The van der Waals surface area contributed by atoms with Crippen molar-refractivity contribution in [2.45, 2.75) is 70.9 Å². The van der Waals surface area contributed by atoms with Crippen LogP contribution in [0, 0.1) is 11.8 Å². The minimum absolute atomic E-state index is 0.0447. The summed E-state index contributed by atoms with van der Waals surface area (Å²) >= 11 is 0. The van der Waals surface area contributed by atoms with Crippen LogP contribution in [0.15, 0.2) is 97.1 Å². The molecule has 1 heterocycles. The third-order valence-electron chi connectivity index (χ3n) is 8.33. The van der Waals surface area contributed by atoms with E-state index < -0.39 is 36.1 Å². The third-order valence-corrected chi connectivity index (χ3v) is 8.33. The van der Waals surface area contributed by atoms with E-state index in [2.05, 4.69) is 16.0 Å². The molecule has 0 bridgehead atoms. The van der Waals surface area contributed by atoms with Gasteiger partial charge in [-0.25, -0.2) is 9.59 Å². The monoisotopic (exact) mass is 685 g/mol. The molecule has 0 radical (unpaired) electrons. The number of carbonyl (C=O) groups excluding carboxylic acids is 4. The van der Waals surface area contributed by atoms with Crippen molar-refractivity contribution in [2.24, 2.45) is 11.8 Å². The first-order chi connectivity index (χ1) is 24.2. The van der Waals surface area contributed by atoms with Crippen molar-refractivity contribution < 1.29 is 38.5 Å². The normalized spacial score (nSPS) is 18.8. The molecule has 0 aliphatic carbocycles. The quantitative estimate of drug-likeness (QED) is 0.150. The van der Waals surface area contributed by atoms with E-state index in [0.29, 0.717) is 18.8 Å². The zero-order valence-electron chi connectivity index (χ0n) is 28.6. The van der Waals surface area contributed by atoms with Crippen LogP contribution < -0.4 is 20.7 Å². The Morgan fingerprint density at radius 2 is 1.52 bits per heavy atom. The van der Waals surface area contributed by atoms with Crippen LogP contribution in [0.3, 0.4) is 0 Å². The van der Waals surface area contributed by atoms with E-state index in [1.165, 1.54) is 0 Å². The number of cyclic esters (lactones) is 1. The number of aliphatic hydroxyl groups is 1. The fourth-order valence-corrected chi connectivity index (χ4v) is 5.29. The van der Waals surface area contributed by atoms with Gasteiger partial charge in [0, 0.05) is 6.42 Å². The Morgan fingerprint density at radius 1 is 0.880 bits per heavy atom. The molecule has 50 heavy (non-hydrogen) atoms. The van der Waals surface area contributed by atoms with E-state index in [1.54, 1.807) is 12.2 Å². The van der Waals surface area contributed by atoms with Gasteiger partial charge in [-0.2, -0.15) is 0 Å². The average Bonchev–Trinajstić information content (AvgIpc) is 3.12. The maximum atomic E-state index is 13.4. The van der Waals surface area contributed by atoms with Crippen LogP contribution in [0.2, 0.25) is 0 Å². The fraction of sp³-hybridized carbons (Fsp3) is 0.385. The number of hydrogen-bond donors (Lipinski definition) is 4. The number of carbonyl (C=O) groups is 4. The molecule has 0 fully saturated rings. The van der Waals surface area contributed by atoms with Gasteiger partial charge in [-0.3, -0.25) is 9.59 Å². The molecule has 0 aromatic heterocycles. The summed E-state index contributed by atoms with van der Waals surface area (Å²) in [5.74, 6) is -1.46. The van der Waals surface area contributed by atoms with Gasteiger partial charge < -0.3 is 35.3 Å². The second kappa shape index (κ2) is 19.7. The molecule has 1 aliphatic heterocycles. The van der Waals surface area contributed by atoms with E-state index in [4.69, 9.17) is 14.2 Å². The van der Waals surface area contributed by atoms with E-state index in [-0.39, 0.29) is 56.8 Å². The molecular formula is C39H47N3O8. The lowest BCUT2D eigenvalue weighted by atomic mass is 9.96. The number of nitrogens with one attached hydrogen (secondary N) is 3. The van der Waals surface area contributed by atoms with Gasteiger partial charge in [0.15, 0.2) is 0 Å². The van der Waals surface area contributed by atoms with Gasteiger partial charge in [0.2, 0.25) is 11.8 Å². The molecule has 11 heteroatoms. The van der Waals surface area contributed by atoms with E-state index in [9.17, 15) is 24.3 Å². The van der Waals surface area contributed by atoms with Gasteiger partial charge in [0.1, 0.15) is 31.6 Å². The van der Waals surface area contributed by atoms with Crippen LogP contribution in [0.25, 0.3) is 0 Å². The predicted octanol–water partition coefficient (Wildman–Crippen LogP) is 4.62. The van der Waals surface area contributed by atoms with Crippen molar-refractivity contribution in [3.05, 3.63) is 114 Å². The van der Waals surface area contributed by atoms with Crippen molar-refractivity contribution in [1.29, 1.82) is 0 Å². The number of ether oxygens (including phenoxy) is 3. The molecule has 0 saturated heterocycles. The van der Waals surface area contributed by atoms with E-state index in [1.807, 2.05) is 98.8 Å². The highest BCUT2D eigenvalue weighted by Crippen LogP contribution is 2.17. The zero-order chi connectivity index (χ0) is 35.7. The minimum atomic E-state index is -1.01. The van der Waals surface area contributed by atoms with Crippen LogP contribution in [-0.4, -0.2) is 60.3 Å². The summed E-state index contributed by atoms with van der Waals surface area (Å²) < 4.78 is 16.7. The zero-order valence-corrected chi connectivity index (χ0v) is 28.6. The molecule has 3 aromatic rings. The first kappa shape index (κ1) is 37.7. The molecule has 4 rings (SSSR count). The minimum Gasteiger partial charge on any atom is -0.489 e. The summed E-state index contributed by atoms with van der Waals surface area (Å²) in [4.78, 5) is 52.0. The summed E-state index contributed by atoms with van der Waals surface area (Å²) in [6.07, 6.45) is 3.23. The molecule has 4 N–H and O–H groups in total. The Hall–Kier alpha value is -5.16. The number of aliphatic hydroxyl groups excluding tert-OH is 1.